The van der Waals surface area contributed by atoms with Gasteiger partial charge in [-0.2, -0.15) is 0 Å². The molecule has 1 aromatic carbocycles. The van der Waals surface area contributed by atoms with Crippen LogP contribution < -0.4 is 5.32 Å². The second-order valence-corrected chi connectivity index (χ2v) is 4.02. The van der Waals surface area contributed by atoms with E-state index in [2.05, 4.69) is 20.3 Å². The zero-order chi connectivity index (χ0) is 13.2. The molecule has 2 aromatic heterocycles. The summed E-state index contributed by atoms with van der Waals surface area (Å²) in [6, 6.07) is 9.38. The van der Waals surface area contributed by atoms with Crippen molar-refractivity contribution in [3.63, 3.8) is 0 Å². The van der Waals surface area contributed by atoms with E-state index in [9.17, 15) is 4.39 Å². The molecule has 0 aliphatic heterocycles. The fourth-order valence-electron chi connectivity index (χ4n) is 1.97. The molecule has 4 nitrogen and oxygen atoms in total. The normalized spacial score (nSPS) is 10.6. The summed E-state index contributed by atoms with van der Waals surface area (Å²) in [5, 5.41) is 3.75. The third-order valence-corrected chi connectivity index (χ3v) is 2.86. The molecule has 94 valence electrons. The van der Waals surface area contributed by atoms with Crippen molar-refractivity contribution in [2.75, 3.05) is 12.4 Å². The van der Waals surface area contributed by atoms with Gasteiger partial charge in [0.2, 0.25) is 5.95 Å². The Balaban J connectivity index is 2.30. The average Bonchev–Trinajstić information content (AvgIpc) is 2.47. The van der Waals surface area contributed by atoms with E-state index < -0.39 is 5.82 Å². The summed E-state index contributed by atoms with van der Waals surface area (Å²) in [4.78, 5) is 12.3. The summed E-state index contributed by atoms with van der Waals surface area (Å²) in [6.45, 7) is 0. The van der Waals surface area contributed by atoms with Crippen molar-refractivity contribution in [2.45, 2.75) is 0 Å². The number of hydrogen-bond donors (Lipinski definition) is 1. The first-order chi connectivity index (χ1) is 9.29. The Hall–Kier alpha value is -2.56. The van der Waals surface area contributed by atoms with Gasteiger partial charge < -0.3 is 5.32 Å². The summed E-state index contributed by atoms with van der Waals surface area (Å²) < 4.78 is 13.9. The van der Waals surface area contributed by atoms with Gasteiger partial charge in [-0.05, 0) is 6.07 Å². The summed E-state index contributed by atoms with van der Waals surface area (Å²) in [5.41, 5.74) is 1.64. The molecule has 0 spiro atoms. The molecule has 0 amide bonds. The van der Waals surface area contributed by atoms with Gasteiger partial charge in [0, 0.05) is 24.2 Å². The number of para-hydroxylation sites is 1. The molecule has 1 N–H and O–H groups in total. The van der Waals surface area contributed by atoms with Crippen LogP contribution in [0.3, 0.4) is 0 Å². The minimum atomic E-state index is -0.461. The van der Waals surface area contributed by atoms with Crippen LogP contribution in [0.25, 0.3) is 22.2 Å². The monoisotopic (exact) mass is 254 g/mol. The van der Waals surface area contributed by atoms with Gasteiger partial charge in [-0.15, -0.1) is 0 Å². The Morgan fingerprint density at radius 2 is 1.95 bits per heavy atom. The first kappa shape index (κ1) is 11.5. The molecular formula is C14H11FN4. The minimum Gasteiger partial charge on any atom is -0.357 e. The predicted molar refractivity (Wildman–Crippen MR) is 72.3 cm³/mol. The Morgan fingerprint density at radius 3 is 2.79 bits per heavy atom. The lowest BCUT2D eigenvalue weighted by Crippen LogP contribution is -2.00. The number of nitrogens with zero attached hydrogens (tertiary/aromatic N) is 3. The molecule has 3 aromatic rings. The second kappa shape index (κ2) is 4.61. The molecule has 5 heteroatoms. The highest BCUT2D eigenvalue weighted by Crippen LogP contribution is 2.27. The number of hydrogen-bond acceptors (Lipinski definition) is 4. The summed E-state index contributed by atoms with van der Waals surface area (Å²) in [5.74, 6) is -0.0820. The fourth-order valence-corrected chi connectivity index (χ4v) is 1.97. The molecule has 0 bridgehead atoms. The molecule has 0 aliphatic carbocycles. The zero-order valence-corrected chi connectivity index (χ0v) is 10.3. The van der Waals surface area contributed by atoms with Crippen LogP contribution in [0.4, 0.5) is 10.3 Å². The molecule has 0 saturated heterocycles. The van der Waals surface area contributed by atoms with E-state index in [1.165, 1.54) is 0 Å². The first-order valence-corrected chi connectivity index (χ1v) is 5.84. The first-order valence-electron chi connectivity index (χ1n) is 5.84. The van der Waals surface area contributed by atoms with Crippen LogP contribution >= 0.6 is 0 Å². The molecule has 0 unspecified atom stereocenters. The van der Waals surface area contributed by atoms with Crippen molar-refractivity contribution >= 4 is 16.9 Å². The maximum absolute atomic E-state index is 13.9. The SMILES string of the molecule is CNc1ncc(F)c(-c2cccc3cccnc23)n1. The Labute approximate surface area is 109 Å². The lowest BCUT2D eigenvalue weighted by molar-refractivity contribution is 0.619. The molecular weight excluding hydrogens is 243 g/mol. The lowest BCUT2D eigenvalue weighted by atomic mass is 10.1. The number of halogens is 1. The molecule has 0 fully saturated rings. The van der Waals surface area contributed by atoms with E-state index >= 15 is 0 Å². The van der Waals surface area contributed by atoms with E-state index in [-0.39, 0.29) is 5.69 Å². The van der Waals surface area contributed by atoms with Crippen molar-refractivity contribution in [1.82, 2.24) is 15.0 Å². The highest BCUT2D eigenvalue weighted by Gasteiger charge is 2.12. The van der Waals surface area contributed by atoms with Gasteiger partial charge in [0.25, 0.3) is 0 Å². The molecule has 0 aliphatic rings. The van der Waals surface area contributed by atoms with E-state index in [1.54, 1.807) is 19.3 Å². The number of nitrogens with one attached hydrogen (secondary N) is 1. The van der Waals surface area contributed by atoms with Gasteiger partial charge in [0.1, 0.15) is 5.69 Å². The Morgan fingerprint density at radius 1 is 1.11 bits per heavy atom. The fraction of sp³-hybridized carbons (Fsp3) is 0.0714. The van der Waals surface area contributed by atoms with Crippen LogP contribution in [-0.4, -0.2) is 22.0 Å². The molecule has 3 rings (SSSR count). The van der Waals surface area contributed by atoms with Crippen LogP contribution in [0.5, 0.6) is 0 Å². The van der Waals surface area contributed by atoms with Crippen LogP contribution in [0.1, 0.15) is 0 Å². The largest absolute Gasteiger partial charge is 0.357 e. The van der Waals surface area contributed by atoms with Crippen molar-refractivity contribution < 1.29 is 4.39 Å². The Bertz CT molecular complexity index is 737. The van der Waals surface area contributed by atoms with Crippen LogP contribution in [-0.2, 0) is 0 Å². The summed E-state index contributed by atoms with van der Waals surface area (Å²) in [7, 11) is 1.69. The quantitative estimate of drug-likeness (QED) is 0.764. The number of fused-ring (bicyclic) bond motifs is 1. The van der Waals surface area contributed by atoms with Gasteiger partial charge in [-0.1, -0.05) is 24.3 Å². The number of rotatable bonds is 2. The number of benzene rings is 1. The van der Waals surface area contributed by atoms with Crippen LogP contribution in [0, 0.1) is 5.82 Å². The topological polar surface area (TPSA) is 50.7 Å². The van der Waals surface area contributed by atoms with Crippen molar-refractivity contribution in [1.29, 1.82) is 0 Å². The molecule has 0 saturated carbocycles. The highest BCUT2D eigenvalue weighted by molar-refractivity contribution is 5.92. The highest BCUT2D eigenvalue weighted by atomic mass is 19.1. The maximum Gasteiger partial charge on any atom is 0.223 e. The van der Waals surface area contributed by atoms with E-state index in [0.29, 0.717) is 11.5 Å². The molecule has 0 radical (unpaired) electrons. The van der Waals surface area contributed by atoms with Gasteiger partial charge in [-0.25, -0.2) is 14.4 Å². The standard InChI is InChI=1S/C14H11FN4/c1-16-14-18-8-11(15)13(19-14)10-6-2-4-9-5-3-7-17-12(9)10/h2-8H,1H3,(H,16,18,19). The van der Waals surface area contributed by atoms with Gasteiger partial charge >= 0.3 is 0 Å². The van der Waals surface area contributed by atoms with E-state index in [1.807, 2.05) is 24.3 Å². The second-order valence-electron chi connectivity index (χ2n) is 4.02. The average molecular weight is 254 g/mol. The van der Waals surface area contributed by atoms with Gasteiger partial charge in [0.05, 0.1) is 11.7 Å². The smallest absolute Gasteiger partial charge is 0.223 e. The van der Waals surface area contributed by atoms with Crippen molar-refractivity contribution in [3.05, 3.63) is 48.5 Å². The van der Waals surface area contributed by atoms with Gasteiger partial charge in [0.15, 0.2) is 5.82 Å². The van der Waals surface area contributed by atoms with E-state index in [4.69, 9.17) is 0 Å². The van der Waals surface area contributed by atoms with E-state index in [0.717, 1.165) is 17.1 Å². The number of anilines is 1. The Kier molecular flexibility index (Phi) is 2.79. The lowest BCUT2D eigenvalue weighted by Gasteiger charge is -2.07. The molecule has 0 atom stereocenters. The summed E-state index contributed by atoms with van der Waals surface area (Å²) in [6.07, 6.45) is 2.85. The third-order valence-electron chi connectivity index (χ3n) is 2.86. The zero-order valence-electron chi connectivity index (χ0n) is 10.3. The predicted octanol–water partition coefficient (Wildman–Crippen LogP) is 2.87. The minimum absolute atomic E-state index is 0.253. The summed E-state index contributed by atoms with van der Waals surface area (Å²) >= 11 is 0. The maximum atomic E-state index is 13.9. The van der Waals surface area contributed by atoms with Crippen LogP contribution in [0.2, 0.25) is 0 Å². The number of aromatic nitrogens is 3. The van der Waals surface area contributed by atoms with Crippen molar-refractivity contribution in [3.8, 4) is 11.3 Å². The molecule has 19 heavy (non-hydrogen) atoms. The third kappa shape index (κ3) is 1.99. The van der Waals surface area contributed by atoms with Gasteiger partial charge in [-0.3, -0.25) is 4.98 Å². The van der Waals surface area contributed by atoms with Crippen LogP contribution in [0.15, 0.2) is 42.7 Å². The number of pyridine rings is 1. The molecule has 2 heterocycles. The van der Waals surface area contributed by atoms with Crippen molar-refractivity contribution in [2.24, 2.45) is 0 Å².